The fourth-order valence-corrected chi connectivity index (χ4v) is 2.28. The topological polar surface area (TPSA) is 38.5 Å². The van der Waals surface area contributed by atoms with Crippen molar-refractivity contribution in [3.63, 3.8) is 0 Å². The molecule has 0 spiro atoms. The van der Waals surface area contributed by atoms with Crippen LogP contribution in [0.1, 0.15) is 40.5 Å². The zero-order chi connectivity index (χ0) is 12.6. The summed E-state index contributed by atoms with van der Waals surface area (Å²) in [5, 5.41) is 0. The molecule has 0 aromatic heterocycles. The Balaban J connectivity index is 4.65. The molecule has 0 aromatic rings. The van der Waals surface area contributed by atoms with Crippen LogP contribution in [-0.2, 0) is 4.74 Å². The van der Waals surface area contributed by atoms with Crippen molar-refractivity contribution in [1.82, 2.24) is 4.90 Å². The number of hydrogen-bond acceptors (Lipinski definition) is 3. The van der Waals surface area contributed by atoms with E-state index in [0.29, 0.717) is 5.92 Å². The molecule has 0 fully saturated rings. The van der Waals surface area contributed by atoms with E-state index in [1.54, 1.807) is 7.11 Å². The van der Waals surface area contributed by atoms with Crippen molar-refractivity contribution >= 4 is 0 Å². The Hall–Kier alpha value is -0.120. The zero-order valence-corrected chi connectivity index (χ0v) is 11.8. The van der Waals surface area contributed by atoms with Gasteiger partial charge in [-0.3, -0.25) is 4.90 Å². The Morgan fingerprint density at radius 3 is 2.12 bits per heavy atom. The molecule has 0 amide bonds. The van der Waals surface area contributed by atoms with Crippen molar-refractivity contribution in [1.29, 1.82) is 0 Å². The van der Waals surface area contributed by atoms with Gasteiger partial charge in [-0.25, -0.2) is 0 Å². The predicted octanol–water partition coefficient (Wildman–Crippen LogP) is 2.11. The lowest BCUT2D eigenvalue weighted by atomic mass is 9.89. The Kier molecular flexibility index (Phi) is 7.98. The van der Waals surface area contributed by atoms with Crippen LogP contribution in [0.3, 0.4) is 0 Å². The molecule has 2 N–H and O–H groups in total. The highest BCUT2D eigenvalue weighted by Crippen LogP contribution is 2.23. The summed E-state index contributed by atoms with van der Waals surface area (Å²) in [5.74, 6) is 0.667. The van der Waals surface area contributed by atoms with Gasteiger partial charge in [0, 0.05) is 32.3 Å². The molecule has 0 aliphatic rings. The predicted molar refractivity (Wildman–Crippen MR) is 70.7 cm³/mol. The normalized spacial score (nSPS) is 12.8. The first-order chi connectivity index (χ1) is 7.56. The minimum atomic E-state index is 0.156. The van der Waals surface area contributed by atoms with E-state index in [2.05, 4.69) is 32.6 Å². The van der Waals surface area contributed by atoms with Crippen LogP contribution < -0.4 is 5.73 Å². The van der Waals surface area contributed by atoms with Crippen molar-refractivity contribution < 1.29 is 4.74 Å². The van der Waals surface area contributed by atoms with Gasteiger partial charge >= 0.3 is 0 Å². The number of nitrogens with two attached hydrogens (primary N) is 1. The van der Waals surface area contributed by atoms with Crippen LogP contribution in [0.5, 0.6) is 0 Å². The van der Waals surface area contributed by atoms with Crippen molar-refractivity contribution in [2.24, 2.45) is 11.7 Å². The first kappa shape index (κ1) is 15.9. The minimum Gasteiger partial charge on any atom is -0.383 e. The largest absolute Gasteiger partial charge is 0.383 e. The van der Waals surface area contributed by atoms with Gasteiger partial charge in [-0.15, -0.1) is 0 Å². The van der Waals surface area contributed by atoms with Gasteiger partial charge in [-0.1, -0.05) is 27.7 Å². The van der Waals surface area contributed by atoms with E-state index in [-0.39, 0.29) is 5.54 Å². The summed E-state index contributed by atoms with van der Waals surface area (Å²) in [6.07, 6.45) is 2.22. The molecular formula is C13H30N2O. The van der Waals surface area contributed by atoms with Gasteiger partial charge in [0.05, 0.1) is 6.61 Å². The molecule has 3 nitrogen and oxygen atoms in total. The highest BCUT2D eigenvalue weighted by molar-refractivity contribution is 4.89. The summed E-state index contributed by atoms with van der Waals surface area (Å²) in [5.41, 5.74) is 6.15. The number of rotatable bonds is 9. The average molecular weight is 230 g/mol. The Morgan fingerprint density at radius 1 is 1.25 bits per heavy atom. The SMILES string of the molecule is CCC(CC)(CN)N(CCOC)CC(C)C. The van der Waals surface area contributed by atoms with E-state index in [1.165, 1.54) is 0 Å². The third kappa shape index (κ3) is 4.40. The molecular weight excluding hydrogens is 200 g/mol. The van der Waals surface area contributed by atoms with Crippen molar-refractivity contribution in [3.8, 4) is 0 Å². The maximum Gasteiger partial charge on any atom is 0.0589 e. The average Bonchev–Trinajstić information content (AvgIpc) is 2.28. The van der Waals surface area contributed by atoms with Crippen LogP contribution in [0.4, 0.5) is 0 Å². The molecule has 98 valence electrons. The van der Waals surface area contributed by atoms with Gasteiger partial charge in [0.15, 0.2) is 0 Å². The standard InChI is InChI=1S/C13H30N2O/c1-6-13(7-2,11-14)15(8-9-16-5)10-12(3)4/h12H,6-11,14H2,1-5H3. The second-order valence-electron chi connectivity index (χ2n) is 4.97. The summed E-state index contributed by atoms with van der Waals surface area (Å²) in [7, 11) is 1.76. The lowest BCUT2D eigenvalue weighted by molar-refractivity contribution is 0.0441. The number of ether oxygens (including phenoxy) is 1. The fraction of sp³-hybridized carbons (Fsp3) is 1.00. The molecule has 0 heterocycles. The number of methoxy groups -OCH3 is 1. The molecule has 0 atom stereocenters. The van der Waals surface area contributed by atoms with Gasteiger partial charge in [0.1, 0.15) is 0 Å². The maximum atomic E-state index is 5.99. The van der Waals surface area contributed by atoms with Crippen LogP contribution in [0.25, 0.3) is 0 Å². The van der Waals surface area contributed by atoms with Crippen LogP contribution >= 0.6 is 0 Å². The van der Waals surface area contributed by atoms with Crippen LogP contribution in [0.2, 0.25) is 0 Å². The van der Waals surface area contributed by atoms with E-state index in [9.17, 15) is 0 Å². The summed E-state index contributed by atoms with van der Waals surface area (Å²) >= 11 is 0. The molecule has 0 radical (unpaired) electrons. The maximum absolute atomic E-state index is 5.99. The number of nitrogens with zero attached hydrogens (tertiary/aromatic N) is 1. The molecule has 0 saturated heterocycles. The van der Waals surface area contributed by atoms with Gasteiger partial charge in [0.2, 0.25) is 0 Å². The molecule has 16 heavy (non-hydrogen) atoms. The third-order valence-electron chi connectivity index (χ3n) is 3.52. The minimum absolute atomic E-state index is 0.156. The summed E-state index contributed by atoms with van der Waals surface area (Å²) in [6, 6.07) is 0. The molecule has 0 aliphatic carbocycles. The smallest absolute Gasteiger partial charge is 0.0589 e. The second kappa shape index (κ2) is 8.04. The van der Waals surface area contributed by atoms with Crippen molar-refractivity contribution in [3.05, 3.63) is 0 Å². The fourth-order valence-electron chi connectivity index (χ4n) is 2.28. The van der Waals surface area contributed by atoms with Gasteiger partial charge in [-0.05, 0) is 18.8 Å². The molecule has 0 aliphatic heterocycles. The van der Waals surface area contributed by atoms with Crippen LogP contribution in [0.15, 0.2) is 0 Å². The monoisotopic (exact) mass is 230 g/mol. The summed E-state index contributed by atoms with van der Waals surface area (Å²) in [4.78, 5) is 2.52. The van der Waals surface area contributed by atoms with Crippen molar-refractivity contribution in [2.45, 2.75) is 46.1 Å². The Morgan fingerprint density at radius 2 is 1.81 bits per heavy atom. The van der Waals surface area contributed by atoms with Gasteiger partial charge in [0.25, 0.3) is 0 Å². The quantitative estimate of drug-likeness (QED) is 0.659. The lowest BCUT2D eigenvalue weighted by Crippen LogP contribution is -2.55. The highest BCUT2D eigenvalue weighted by atomic mass is 16.5. The second-order valence-corrected chi connectivity index (χ2v) is 4.97. The van der Waals surface area contributed by atoms with E-state index >= 15 is 0 Å². The van der Waals surface area contributed by atoms with Crippen molar-refractivity contribution in [2.75, 3.05) is 33.4 Å². The van der Waals surface area contributed by atoms with Gasteiger partial charge < -0.3 is 10.5 Å². The molecule has 0 aromatic carbocycles. The molecule has 0 unspecified atom stereocenters. The van der Waals surface area contributed by atoms with E-state index < -0.39 is 0 Å². The Bertz CT molecular complexity index is 159. The van der Waals surface area contributed by atoms with Crippen LogP contribution in [0, 0.1) is 5.92 Å². The van der Waals surface area contributed by atoms with Crippen LogP contribution in [-0.4, -0.2) is 43.8 Å². The van der Waals surface area contributed by atoms with E-state index in [1.807, 2.05) is 0 Å². The highest BCUT2D eigenvalue weighted by Gasteiger charge is 2.31. The molecule has 3 heteroatoms. The summed E-state index contributed by atoms with van der Waals surface area (Å²) in [6.45, 7) is 12.6. The molecule has 0 bridgehead atoms. The van der Waals surface area contributed by atoms with Gasteiger partial charge in [-0.2, -0.15) is 0 Å². The lowest BCUT2D eigenvalue weighted by Gasteiger charge is -2.43. The first-order valence-corrected chi connectivity index (χ1v) is 6.50. The number of hydrogen-bond donors (Lipinski definition) is 1. The first-order valence-electron chi connectivity index (χ1n) is 6.50. The van der Waals surface area contributed by atoms with E-state index in [0.717, 1.165) is 39.1 Å². The van der Waals surface area contributed by atoms with E-state index in [4.69, 9.17) is 10.5 Å². The zero-order valence-electron chi connectivity index (χ0n) is 11.8. The summed E-state index contributed by atoms with van der Waals surface area (Å²) < 4.78 is 5.20. The Labute approximate surface area is 101 Å². The third-order valence-corrected chi connectivity index (χ3v) is 3.52. The molecule has 0 rings (SSSR count). The molecule has 0 saturated carbocycles.